The molecule has 0 radical (unpaired) electrons. The summed E-state index contributed by atoms with van der Waals surface area (Å²) in [4.78, 5) is 0.776. The minimum Gasteiger partial charge on any atom is -0.497 e. The second-order valence-electron chi connectivity index (χ2n) is 4.04. The third-order valence-electron chi connectivity index (χ3n) is 2.77. The summed E-state index contributed by atoms with van der Waals surface area (Å²) in [5, 5.41) is 13.5. The zero-order valence-electron chi connectivity index (χ0n) is 10.4. The molecule has 6 nitrogen and oxygen atoms in total. The molecule has 2 N–H and O–H groups in total. The van der Waals surface area contributed by atoms with Crippen molar-refractivity contribution >= 4 is 16.3 Å². The van der Waals surface area contributed by atoms with Crippen molar-refractivity contribution in [2.45, 2.75) is 13.0 Å². The van der Waals surface area contributed by atoms with Crippen molar-refractivity contribution < 1.29 is 4.74 Å². The van der Waals surface area contributed by atoms with Crippen LogP contribution in [0.15, 0.2) is 24.3 Å². The average molecular weight is 275 g/mol. The van der Waals surface area contributed by atoms with Gasteiger partial charge in [0.1, 0.15) is 10.8 Å². The molecule has 2 heterocycles. The highest BCUT2D eigenvalue weighted by Gasteiger charge is 2.11. The maximum absolute atomic E-state index is 5.58. The topological polar surface area (TPSA) is 78.3 Å². The molecule has 1 aromatic carbocycles. The summed E-state index contributed by atoms with van der Waals surface area (Å²) >= 11 is 1.46. The molecule has 0 spiro atoms. The van der Waals surface area contributed by atoms with E-state index in [1.165, 1.54) is 11.3 Å². The maximum Gasteiger partial charge on any atom is 0.234 e. The molecule has 3 aromatic rings. The maximum atomic E-state index is 5.58. The van der Waals surface area contributed by atoms with E-state index < -0.39 is 0 Å². The highest BCUT2D eigenvalue weighted by atomic mass is 32.1. The average Bonchev–Trinajstić information content (AvgIpc) is 3.01. The number of rotatable bonds is 4. The van der Waals surface area contributed by atoms with Crippen LogP contribution in [0.2, 0.25) is 0 Å². The van der Waals surface area contributed by atoms with Gasteiger partial charge in [-0.1, -0.05) is 23.5 Å². The minimum absolute atomic E-state index is 0.423. The van der Waals surface area contributed by atoms with Crippen LogP contribution in [0.1, 0.15) is 16.4 Å². The molecule has 3 rings (SSSR count). The number of hydrogen-bond acceptors (Lipinski definition) is 6. The van der Waals surface area contributed by atoms with Crippen molar-refractivity contribution in [3.8, 4) is 5.75 Å². The molecule has 0 unspecified atom stereocenters. The number of nitrogens with two attached hydrogens (primary N) is 1. The van der Waals surface area contributed by atoms with Gasteiger partial charge >= 0.3 is 0 Å². The molecule has 0 bridgehead atoms. The van der Waals surface area contributed by atoms with Crippen LogP contribution in [0.25, 0.3) is 4.96 Å². The van der Waals surface area contributed by atoms with Crippen molar-refractivity contribution in [3.63, 3.8) is 0 Å². The second kappa shape index (κ2) is 4.94. The van der Waals surface area contributed by atoms with E-state index in [0.29, 0.717) is 13.0 Å². The Morgan fingerprint density at radius 2 is 2.26 bits per heavy atom. The quantitative estimate of drug-likeness (QED) is 0.775. The first-order chi connectivity index (χ1) is 9.30. The van der Waals surface area contributed by atoms with E-state index in [0.717, 1.165) is 27.1 Å². The van der Waals surface area contributed by atoms with E-state index >= 15 is 0 Å². The molecule has 0 aliphatic carbocycles. The molecule has 7 heteroatoms. The Kier molecular flexibility index (Phi) is 3.14. The van der Waals surface area contributed by atoms with Gasteiger partial charge in [0.25, 0.3) is 0 Å². The van der Waals surface area contributed by atoms with E-state index in [2.05, 4.69) is 15.3 Å². The highest BCUT2D eigenvalue weighted by molar-refractivity contribution is 7.16. The van der Waals surface area contributed by atoms with Crippen molar-refractivity contribution in [1.29, 1.82) is 0 Å². The second-order valence-corrected chi connectivity index (χ2v) is 5.08. The lowest BCUT2D eigenvalue weighted by Gasteiger charge is -2.02. The number of fused-ring (bicyclic) bond motifs is 1. The van der Waals surface area contributed by atoms with E-state index in [1.807, 2.05) is 24.3 Å². The summed E-state index contributed by atoms with van der Waals surface area (Å²) in [6, 6.07) is 7.88. The van der Waals surface area contributed by atoms with Crippen LogP contribution in [0, 0.1) is 0 Å². The van der Waals surface area contributed by atoms with Gasteiger partial charge in [-0.15, -0.1) is 10.2 Å². The van der Waals surface area contributed by atoms with Gasteiger partial charge in [0, 0.05) is 13.0 Å². The number of aromatic nitrogens is 4. The molecule has 0 fully saturated rings. The monoisotopic (exact) mass is 275 g/mol. The van der Waals surface area contributed by atoms with Gasteiger partial charge in [0.2, 0.25) is 4.96 Å². The Morgan fingerprint density at radius 3 is 3.05 bits per heavy atom. The van der Waals surface area contributed by atoms with Crippen LogP contribution in [-0.4, -0.2) is 26.9 Å². The van der Waals surface area contributed by atoms with Crippen LogP contribution in [-0.2, 0) is 13.0 Å². The van der Waals surface area contributed by atoms with Crippen LogP contribution in [0.3, 0.4) is 0 Å². The Labute approximate surface area is 113 Å². The first kappa shape index (κ1) is 12.1. The van der Waals surface area contributed by atoms with E-state index in [4.69, 9.17) is 10.5 Å². The largest absolute Gasteiger partial charge is 0.497 e. The number of ether oxygens (including phenoxy) is 1. The SMILES string of the molecule is COc1cccc(Cc2nnc3sc(CN)nn23)c1. The molecule has 0 saturated heterocycles. The van der Waals surface area contributed by atoms with Crippen LogP contribution < -0.4 is 10.5 Å². The van der Waals surface area contributed by atoms with Crippen LogP contribution in [0.4, 0.5) is 0 Å². The summed E-state index contributed by atoms with van der Waals surface area (Å²) in [6.07, 6.45) is 0.659. The van der Waals surface area contributed by atoms with Gasteiger partial charge in [-0.05, 0) is 17.7 Å². The summed E-state index contributed by atoms with van der Waals surface area (Å²) in [6.45, 7) is 0.423. The molecular weight excluding hydrogens is 262 g/mol. The molecule has 0 amide bonds. The molecule has 2 aromatic heterocycles. The fourth-order valence-electron chi connectivity index (χ4n) is 1.85. The van der Waals surface area contributed by atoms with Gasteiger partial charge in [-0.25, -0.2) is 0 Å². The van der Waals surface area contributed by atoms with Gasteiger partial charge in [-0.2, -0.15) is 9.61 Å². The smallest absolute Gasteiger partial charge is 0.234 e. The minimum atomic E-state index is 0.423. The summed E-state index contributed by atoms with van der Waals surface area (Å²) < 4.78 is 6.97. The Hall–Kier alpha value is -1.99. The third-order valence-corrected chi connectivity index (χ3v) is 3.69. The molecular formula is C12H13N5OS. The predicted molar refractivity (Wildman–Crippen MR) is 72.4 cm³/mol. The summed E-state index contributed by atoms with van der Waals surface area (Å²) in [5.41, 5.74) is 6.69. The molecule has 0 saturated carbocycles. The lowest BCUT2D eigenvalue weighted by atomic mass is 10.1. The molecule has 19 heavy (non-hydrogen) atoms. The van der Waals surface area contributed by atoms with Crippen molar-refractivity contribution in [2.75, 3.05) is 7.11 Å². The molecule has 0 aliphatic rings. The first-order valence-electron chi connectivity index (χ1n) is 5.83. The van der Waals surface area contributed by atoms with Crippen LogP contribution >= 0.6 is 11.3 Å². The standard InChI is InChI=1S/C12H13N5OS/c1-18-9-4-2-3-8(5-9)6-10-14-15-12-17(10)16-11(7-13)19-12/h2-5H,6-7,13H2,1H3. The fraction of sp³-hybridized carbons (Fsp3) is 0.250. The third kappa shape index (κ3) is 2.29. The predicted octanol–water partition coefficient (Wildman–Crippen LogP) is 1.24. The molecule has 0 aliphatic heterocycles. The van der Waals surface area contributed by atoms with Crippen molar-refractivity contribution in [2.24, 2.45) is 5.73 Å². The van der Waals surface area contributed by atoms with E-state index in [9.17, 15) is 0 Å². The molecule has 0 atom stereocenters. The normalized spacial score (nSPS) is 11.1. The Bertz CT molecular complexity index is 705. The number of methoxy groups -OCH3 is 1. The first-order valence-corrected chi connectivity index (χ1v) is 6.65. The number of benzene rings is 1. The van der Waals surface area contributed by atoms with Gasteiger partial charge in [-0.3, -0.25) is 0 Å². The van der Waals surface area contributed by atoms with Gasteiger partial charge in [0.05, 0.1) is 7.11 Å². The van der Waals surface area contributed by atoms with Crippen molar-refractivity contribution in [1.82, 2.24) is 19.8 Å². The van der Waals surface area contributed by atoms with Gasteiger partial charge in [0.15, 0.2) is 5.82 Å². The van der Waals surface area contributed by atoms with E-state index in [-0.39, 0.29) is 0 Å². The van der Waals surface area contributed by atoms with Crippen LogP contribution in [0.5, 0.6) is 5.75 Å². The van der Waals surface area contributed by atoms with E-state index in [1.54, 1.807) is 11.6 Å². The van der Waals surface area contributed by atoms with Gasteiger partial charge < -0.3 is 10.5 Å². The fourth-order valence-corrected chi connectivity index (χ4v) is 2.59. The highest BCUT2D eigenvalue weighted by Crippen LogP contribution is 2.18. The summed E-state index contributed by atoms with van der Waals surface area (Å²) in [5.74, 6) is 1.64. The number of hydrogen-bond donors (Lipinski definition) is 1. The van der Waals surface area contributed by atoms with Crippen molar-refractivity contribution in [3.05, 3.63) is 40.7 Å². The zero-order chi connectivity index (χ0) is 13.2. The lowest BCUT2D eigenvalue weighted by molar-refractivity contribution is 0.414. The summed E-state index contributed by atoms with van der Waals surface area (Å²) in [7, 11) is 1.66. The number of nitrogens with zero attached hydrogens (tertiary/aromatic N) is 4. The zero-order valence-corrected chi connectivity index (χ0v) is 11.2. The lowest BCUT2D eigenvalue weighted by Crippen LogP contribution is -2.01. The Morgan fingerprint density at radius 1 is 1.37 bits per heavy atom. The molecule has 98 valence electrons. The Balaban J connectivity index is 1.93.